The van der Waals surface area contributed by atoms with Crippen LogP contribution in [-0.4, -0.2) is 10.8 Å². The zero-order valence-electron chi connectivity index (χ0n) is 7.48. The van der Waals surface area contributed by atoms with E-state index in [1.54, 1.807) is 6.92 Å². The van der Waals surface area contributed by atoms with Gasteiger partial charge in [0.05, 0.1) is 4.92 Å². The number of hydrogen-bond acceptors (Lipinski definition) is 4. The number of aryl methyl sites for hydroxylation is 1. The van der Waals surface area contributed by atoms with Crippen LogP contribution >= 0.6 is 0 Å². The van der Waals surface area contributed by atoms with Gasteiger partial charge in [0.25, 0.3) is 11.6 Å². The molecule has 0 atom stereocenters. The minimum atomic E-state index is -0.555. The number of amides is 1. The fraction of sp³-hybridized carbons (Fsp3) is 0.125. The molecule has 74 valence electrons. The van der Waals surface area contributed by atoms with Crippen molar-refractivity contribution in [3.05, 3.63) is 39.4 Å². The highest BCUT2D eigenvalue weighted by Gasteiger charge is 2.11. The van der Waals surface area contributed by atoms with Crippen LogP contribution in [-0.2, 0) is 0 Å². The molecule has 0 saturated carbocycles. The van der Waals surface area contributed by atoms with Gasteiger partial charge in [0, 0.05) is 17.7 Å². The van der Waals surface area contributed by atoms with Crippen LogP contribution in [0.2, 0.25) is 0 Å². The van der Waals surface area contributed by atoms with Crippen molar-refractivity contribution in [2.75, 3.05) is 0 Å². The first-order chi connectivity index (χ1) is 6.54. The third kappa shape index (κ3) is 2.05. The van der Waals surface area contributed by atoms with Gasteiger partial charge >= 0.3 is 0 Å². The summed E-state index contributed by atoms with van der Waals surface area (Å²) in [6.45, 7) is 1.67. The number of carbonyl (C=O) groups excluding carboxylic acids is 1. The molecule has 1 aromatic carbocycles. The first-order valence-corrected chi connectivity index (χ1v) is 3.81. The summed E-state index contributed by atoms with van der Waals surface area (Å²) in [4.78, 5) is 21.0. The first-order valence-electron chi connectivity index (χ1n) is 3.81. The molecule has 14 heavy (non-hydrogen) atoms. The van der Waals surface area contributed by atoms with Crippen LogP contribution in [0, 0.1) is 17.0 Å². The Morgan fingerprint density at radius 1 is 1.50 bits per heavy atom. The summed E-state index contributed by atoms with van der Waals surface area (Å²) in [5.41, 5.74) is 2.61. The van der Waals surface area contributed by atoms with Gasteiger partial charge in [-0.25, -0.2) is 5.84 Å². The zero-order chi connectivity index (χ0) is 10.7. The third-order valence-corrected chi connectivity index (χ3v) is 1.67. The molecule has 0 unspecified atom stereocenters. The Morgan fingerprint density at radius 2 is 2.14 bits per heavy atom. The number of nitrogens with zero attached hydrogens (tertiary/aromatic N) is 1. The van der Waals surface area contributed by atoms with Crippen molar-refractivity contribution in [3.63, 3.8) is 0 Å². The largest absolute Gasteiger partial charge is 0.290 e. The number of nitro groups is 1. The van der Waals surface area contributed by atoms with E-state index in [2.05, 4.69) is 0 Å². The lowest BCUT2D eigenvalue weighted by Crippen LogP contribution is -2.30. The average molecular weight is 195 g/mol. The third-order valence-electron chi connectivity index (χ3n) is 1.67. The summed E-state index contributed by atoms with van der Waals surface area (Å²) < 4.78 is 0. The van der Waals surface area contributed by atoms with E-state index in [-0.39, 0.29) is 11.3 Å². The molecule has 0 aliphatic heterocycles. The van der Waals surface area contributed by atoms with Crippen molar-refractivity contribution >= 4 is 11.6 Å². The van der Waals surface area contributed by atoms with E-state index < -0.39 is 10.8 Å². The van der Waals surface area contributed by atoms with Crippen molar-refractivity contribution in [1.82, 2.24) is 5.43 Å². The number of hydrogen-bond donors (Lipinski definition) is 2. The smallest absolute Gasteiger partial charge is 0.270 e. The maximum atomic E-state index is 11.1. The lowest BCUT2D eigenvalue weighted by Gasteiger charge is -2.00. The Morgan fingerprint density at radius 3 is 2.64 bits per heavy atom. The van der Waals surface area contributed by atoms with Crippen LogP contribution in [0.25, 0.3) is 0 Å². The van der Waals surface area contributed by atoms with Gasteiger partial charge in [-0.2, -0.15) is 0 Å². The Bertz CT molecular complexity index is 389. The Labute approximate surface area is 79.8 Å². The van der Waals surface area contributed by atoms with Crippen LogP contribution in [0.4, 0.5) is 5.69 Å². The Balaban J connectivity index is 3.20. The second kappa shape index (κ2) is 3.84. The minimum absolute atomic E-state index is 0.122. The SMILES string of the molecule is Cc1cc(C(=O)NN)cc([N+](=O)[O-])c1. The van der Waals surface area contributed by atoms with E-state index in [4.69, 9.17) is 5.84 Å². The maximum absolute atomic E-state index is 11.1. The Kier molecular flexibility index (Phi) is 2.78. The predicted molar refractivity (Wildman–Crippen MR) is 49.5 cm³/mol. The first kappa shape index (κ1) is 10.1. The van der Waals surface area contributed by atoms with Crippen LogP contribution in [0.1, 0.15) is 15.9 Å². The Hall–Kier alpha value is -1.95. The number of nitro benzene ring substituents is 1. The summed E-state index contributed by atoms with van der Waals surface area (Å²) in [6, 6.07) is 4.08. The molecular weight excluding hydrogens is 186 g/mol. The number of nitrogen functional groups attached to an aromatic ring is 1. The molecular formula is C8H9N3O3. The summed E-state index contributed by atoms with van der Waals surface area (Å²) in [6.07, 6.45) is 0. The molecule has 3 N–H and O–H groups in total. The number of rotatable bonds is 2. The second-order valence-corrected chi connectivity index (χ2v) is 2.79. The summed E-state index contributed by atoms with van der Waals surface area (Å²) >= 11 is 0. The van der Waals surface area contributed by atoms with Gasteiger partial charge in [0.2, 0.25) is 0 Å². The van der Waals surface area contributed by atoms with Crippen molar-refractivity contribution in [2.45, 2.75) is 6.92 Å². The fourth-order valence-corrected chi connectivity index (χ4v) is 1.08. The molecule has 1 rings (SSSR count). The van der Waals surface area contributed by atoms with Crippen LogP contribution in [0.5, 0.6) is 0 Å². The molecule has 0 aliphatic rings. The topological polar surface area (TPSA) is 98.3 Å². The summed E-state index contributed by atoms with van der Waals surface area (Å²) in [5.74, 6) is 4.37. The molecule has 6 nitrogen and oxygen atoms in total. The lowest BCUT2D eigenvalue weighted by atomic mass is 10.1. The van der Waals surface area contributed by atoms with Crippen molar-refractivity contribution < 1.29 is 9.72 Å². The van der Waals surface area contributed by atoms with Gasteiger partial charge in [-0.3, -0.25) is 20.3 Å². The molecule has 0 heterocycles. The van der Waals surface area contributed by atoms with Crippen molar-refractivity contribution in [2.24, 2.45) is 5.84 Å². The highest BCUT2D eigenvalue weighted by Crippen LogP contribution is 2.16. The van der Waals surface area contributed by atoms with E-state index >= 15 is 0 Å². The van der Waals surface area contributed by atoms with Crippen molar-refractivity contribution in [1.29, 1.82) is 0 Å². The molecule has 0 bridgehead atoms. The number of nitrogens with one attached hydrogen (secondary N) is 1. The van der Waals surface area contributed by atoms with E-state index in [1.807, 2.05) is 5.43 Å². The van der Waals surface area contributed by atoms with Gasteiger partial charge in [0.15, 0.2) is 0 Å². The van der Waals surface area contributed by atoms with Gasteiger partial charge in [-0.1, -0.05) is 0 Å². The number of hydrazine groups is 1. The molecule has 0 saturated heterocycles. The van der Waals surface area contributed by atoms with Gasteiger partial charge in [0.1, 0.15) is 0 Å². The average Bonchev–Trinajstić information content (AvgIpc) is 2.15. The van der Waals surface area contributed by atoms with Crippen LogP contribution in [0.3, 0.4) is 0 Å². The quantitative estimate of drug-likeness (QED) is 0.311. The van der Waals surface area contributed by atoms with Crippen LogP contribution < -0.4 is 11.3 Å². The van der Waals surface area contributed by atoms with Crippen LogP contribution in [0.15, 0.2) is 18.2 Å². The number of nitrogens with two attached hydrogens (primary N) is 1. The molecule has 0 aliphatic carbocycles. The van der Waals surface area contributed by atoms with E-state index in [0.717, 1.165) is 0 Å². The number of benzene rings is 1. The lowest BCUT2D eigenvalue weighted by molar-refractivity contribution is -0.384. The fourth-order valence-electron chi connectivity index (χ4n) is 1.08. The molecule has 0 fully saturated rings. The molecule has 0 aromatic heterocycles. The van der Waals surface area contributed by atoms with Crippen molar-refractivity contribution in [3.8, 4) is 0 Å². The van der Waals surface area contributed by atoms with E-state index in [9.17, 15) is 14.9 Å². The minimum Gasteiger partial charge on any atom is -0.290 e. The molecule has 1 aromatic rings. The molecule has 0 radical (unpaired) electrons. The zero-order valence-corrected chi connectivity index (χ0v) is 7.48. The van der Waals surface area contributed by atoms with E-state index in [1.165, 1.54) is 18.2 Å². The summed E-state index contributed by atoms with van der Waals surface area (Å²) in [7, 11) is 0. The standard InChI is InChI=1S/C8H9N3O3/c1-5-2-6(8(12)10-9)4-7(3-5)11(13)14/h2-4H,9H2,1H3,(H,10,12). The predicted octanol–water partition coefficient (Wildman–Crippen LogP) is 0.507. The number of carbonyl (C=O) groups is 1. The highest BCUT2D eigenvalue weighted by molar-refractivity contribution is 5.94. The van der Waals surface area contributed by atoms with Gasteiger partial charge in [-0.15, -0.1) is 0 Å². The number of non-ortho nitro benzene ring substituents is 1. The molecule has 1 amide bonds. The molecule has 6 heteroatoms. The van der Waals surface area contributed by atoms with E-state index in [0.29, 0.717) is 5.56 Å². The second-order valence-electron chi connectivity index (χ2n) is 2.79. The van der Waals surface area contributed by atoms with Gasteiger partial charge < -0.3 is 0 Å². The summed E-state index contributed by atoms with van der Waals surface area (Å²) in [5, 5.41) is 10.5. The maximum Gasteiger partial charge on any atom is 0.270 e. The molecule has 0 spiro atoms. The monoisotopic (exact) mass is 195 g/mol. The normalized spacial score (nSPS) is 9.57. The highest BCUT2D eigenvalue weighted by atomic mass is 16.6. The van der Waals surface area contributed by atoms with Gasteiger partial charge in [-0.05, 0) is 18.6 Å².